The summed E-state index contributed by atoms with van der Waals surface area (Å²) in [7, 11) is 1.82. The van der Waals surface area contributed by atoms with Gasteiger partial charge < -0.3 is 14.9 Å². The van der Waals surface area contributed by atoms with Crippen LogP contribution in [-0.2, 0) is 4.74 Å². The van der Waals surface area contributed by atoms with E-state index in [1.54, 1.807) is 0 Å². The molecule has 0 heterocycles. The molecule has 4 aliphatic rings. The van der Waals surface area contributed by atoms with Gasteiger partial charge in [0.2, 0.25) is 0 Å². The van der Waals surface area contributed by atoms with Gasteiger partial charge in [-0.2, -0.15) is 0 Å². The molecule has 23 heavy (non-hydrogen) atoms. The van der Waals surface area contributed by atoms with E-state index in [-0.39, 0.29) is 11.5 Å². The van der Waals surface area contributed by atoms with Crippen LogP contribution in [0.25, 0.3) is 0 Å². The van der Waals surface area contributed by atoms with Crippen molar-refractivity contribution in [3.63, 3.8) is 0 Å². The first-order valence-electron chi connectivity index (χ1n) is 9.22. The molecule has 0 saturated heterocycles. The number of methoxy groups -OCH3 is 1. The zero-order valence-corrected chi connectivity index (χ0v) is 14.6. The lowest BCUT2D eigenvalue weighted by atomic mass is 9.50. The van der Waals surface area contributed by atoms with Gasteiger partial charge in [-0.05, 0) is 61.3 Å². The SMILES string of the molecule is COC1CC2CCC=C[C@]2(C)[C@@H]2CC[C@@]3(C)C(=C12)CCC3(O)O. The summed E-state index contributed by atoms with van der Waals surface area (Å²) in [6, 6.07) is 0. The fourth-order valence-electron chi connectivity index (χ4n) is 6.23. The van der Waals surface area contributed by atoms with Gasteiger partial charge in [0, 0.05) is 18.9 Å². The quantitative estimate of drug-likeness (QED) is 0.574. The summed E-state index contributed by atoms with van der Waals surface area (Å²) in [5.41, 5.74) is 2.44. The maximum Gasteiger partial charge on any atom is 0.172 e. The molecule has 0 aromatic heterocycles. The fraction of sp³-hybridized carbons (Fsp3) is 0.800. The van der Waals surface area contributed by atoms with Gasteiger partial charge in [0.25, 0.3) is 0 Å². The van der Waals surface area contributed by atoms with Gasteiger partial charge in [-0.25, -0.2) is 0 Å². The monoisotopic (exact) mass is 318 g/mol. The third-order valence-electron chi connectivity index (χ3n) is 7.85. The lowest BCUT2D eigenvalue weighted by Crippen LogP contribution is -2.52. The van der Waals surface area contributed by atoms with Crippen molar-refractivity contribution in [3.8, 4) is 0 Å². The number of rotatable bonds is 1. The summed E-state index contributed by atoms with van der Waals surface area (Å²) in [5.74, 6) is -0.371. The molecule has 2 saturated carbocycles. The van der Waals surface area contributed by atoms with Crippen molar-refractivity contribution in [2.24, 2.45) is 22.7 Å². The maximum absolute atomic E-state index is 10.6. The minimum atomic E-state index is -1.56. The molecular weight excluding hydrogens is 288 g/mol. The lowest BCUT2D eigenvalue weighted by Gasteiger charge is -2.56. The maximum atomic E-state index is 10.6. The van der Waals surface area contributed by atoms with E-state index in [1.165, 1.54) is 24.0 Å². The highest BCUT2D eigenvalue weighted by Crippen LogP contribution is 2.64. The summed E-state index contributed by atoms with van der Waals surface area (Å²) in [4.78, 5) is 0. The van der Waals surface area contributed by atoms with E-state index in [9.17, 15) is 10.2 Å². The first kappa shape index (κ1) is 15.9. The Balaban J connectivity index is 1.87. The second-order valence-electron chi connectivity index (χ2n) is 8.68. The highest BCUT2D eigenvalue weighted by Gasteiger charge is 2.60. The van der Waals surface area contributed by atoms with Crippen LogP contribution in [0.5, 0.6) is 0 Å². The van der Waals surface area contributed by atoms with E-state index in [0.717, 1.165) is 25.7 Å². The summed E-state index contributed by atoms with van der Waals surface area (Å²) in [6.45, 7) is 4.48. The minimum Gasteiger partial charge on any atom is -0.377 e. The number of hydrogen-bond donors (Lipinski definition) is 2. The summed E-state index contributed by atoms with van der Waals surface area (Å²) in [6.07, 6.45) is 11.7. The molecule has 5 atom stereocenters. The molecule has 2 fully saturated rings. The Hall–Kier alpha value is -0.640. The van der Waals surface area contributed by atoms with Crippen molar-refractivity contribution in [2.75, 3.05) is 7.11 Å². The van der Waals surface area contributed by atoms with Crippen LogP contribution in [0, 0.1) is 22.7 Å². The van der Waals surface area contributed by atoms with Gasteiger partial charge >= 0.3 is 0 Å². The fourth-order valence-corrected chi connectivity index (χ4v) is 6.23. The van der Waals surface area contributed by atoms with E-state index >= 15 is 0 Å². The average molecular weight is 318 g/mol. The van der Waals surface area contributed by atoms with Gasteiger partial charge in [-0.3, -0.25) is 0 Å². The molecule has 4 rings (SSSR count). The van der Waals surface area contributed by atoms with Crippen LogP contribution in [0.3, 0.4) is 0 Å². The molecule has 0 aliphatic heterocycles. The largest absolute Gasteiger partial charge is 0.377 e. The second-order valence-corrected chi connectivity index (χ2v) is 8.68. The Bertz CT molecular complexity index is 575. The Morgan fingerprint density at radius 2 is 1.96 bits per heavy atom. The van der Waals surface area contributed by atoms with Gasteiger partial charge in [0.15, 0.2) is 5.79 Å². The Labute approximate surface area is 139 Å². The van der Waals surface area contributed by atoms with E-state index in [1.807, 2.05) is 7.11 Å². The topological polar surface area (TPSA) is 49.7 Å². The number of fused-ring (bicyclic) bond motifs is 4. The zero-order chi connectivity index (χ0) is 16.5. The van der Waals surface area contributed by atoms with Crippen LogP contribution in [0.2, 0.25) is 0 Å². The van der Waals surface area contributed by atoms with Gasteiger partial charge in [-0.15, -0.1) is 0 Å². The molecule has 0 spiro atoms. The number of allylic oxidation sites excluding steroid dienone is 2. The van der Waals surface area contributed by atoms with Crippen molar-refractivity contribution in [2.45, 2.75) is 70.7 Å². The number of ether oxygens (including phenoxy) is 1. The Morgan fingerprint density at radius 1 is 1.17 bits per heavy atom. The van der Waals surface area contributed by atoms with Crippen molar-refractivity contribution >= 4 is 0 Å². The molecule has 0 aromatic carbocycles. The van der Waals surface area contributed by atoms with E-state index in [2.05, 4.69) is 26.0 Å². The second kappa shape index (κ2) is 4.93. The molecular formula is C20H30O3. The zero-order valence-electron chi connectivity index (χ0n) is 14.6. The standard InChI is InChI=1S/C20H30O3/c1-18-9-5-4-6-13(18)12-16(23-3)17-14(18)7-10-19(2)15(17)8-11-20(19,21)22/h5,9,13-14,16,21-22H,4,6-8,10-12H2,1-3H3/t13?,14-,16?,18+,19+/m1/s1. The molecule has 0 aromatic rings. The van der Waals surface area contributed by atoms with Crippen LogP contribution in [0.1, 0.15) is 58.8 Å². The third kappa shape index (κ3) is 1.93. The summed E-state index contributed by atoms with van der Waals surface area (Å²) >= 11 is 0. The average Bonchev–Trinajstić information content (AvgIpc) is 2.76. The first-order valence-corrected chi connectivity index (χ1v) is 9.22. The molecule has 0 amide bonds. The molecule has 0 radical (unpaired) electrons. The van der Waals surface area contributed by atoms with Crippen LogP contribution in [0.4, 0.5) is 0 Å². The van der Waals surface area contributed by atoms with Crippen LogP contribution in [-0.4, -0.2) is 29.2 Å². The first-order chi connectivity index (χ1) is 10.8. The molecule has 3 nitrogen and oxygen atoms in total. The molecule has 128 valence electrons. The van der Waals surface area contributed by atoms with Crippen LogP contribution in [0.15, 0.2) is 23.3 Å². The Kier molecular flexibility index (Phi) is 3.40. The van der Waals surface area contributed by atoms with Crippen molar-refractivity contribution < 1.29 is 14.9 Å². The normalized spacial score (nSPS) is 48.0. The van der Waals surface area contributed by atoms with Gasteiger partial charge in [0.05, 0.1) is 6.10 Å². The summed E-state index contributed by atoms with van der Waals surface area (Å²) in [5, 5.41) is 21.1. The minimum absolute atomic E-state index is 0.160. The van der Waals surface area contributed by atoms with Crippen molar-refractivity contribution in [1.29, 1.82) is 0 Å². The Morgan fingerprint density at radius 3 is 2.70 bits per heavy atom. The molecule has 3 heteroatoms. The molecule has 2 unspecified atom stereocenters. The predicted octanol–water partition coefficient (Wildman–Crippen LogP) is 3.57. The van der Waals surface area contributed by atoms with E-state index in [4.69, 9.17) is 4.74 Å². The molecule has 0 bridgehead atoms. The van der Waals surface area contributed by atoms with Crippen LogP contribution >= 0.6 is 0 Å². The lowest BCUT2D eigenvalue weighted by molar-refractivity contribution is -0.218. The van der Waals surface area contributed by atoms with Crippen molar-refractivity contribution in [3.05, 3.63) is 23.3 Å². The highest BCUT2D eigenvalue weighted by molar-refractivity contribution is 5.39. The van der Waals surface area contributed by atoms with E-state index < -0.39 is 11.2 Å². The van der Waals surface area contributed by atoms with Crippen LogP contribution < -0.4 is 0 Å². The highest BCUT2D eigenvalue weighted by atomic mass is 16.5. The van der Waals surface area contributed by atoms with E-state index in [0.29, 0.717) is 18.3 Å². The third-order valence-corrected chi connectivity index (χ3v) is 7.85. The smallest absolute Gasteiger partial charge is 0.172 e. The number of hydrogen-bond acceptors (Lipinski definition) is 3. The van der Waals surface area contributed by atoms with Gasteiger partial charge in [0.1, 0.15) is 0 Å². The van der Waals surface area contributed by atoms with Gasteiger partial charge in [-0.1, -0.05) is 31.6 Å². The number of aliphatic hydroxyl groups is 2. The summed E-state index contributed by atoms with van der Waals surface area (Å²) < 4.78 is 5.93. The molecule has 2 N–H and O–H groups in total. The predicted molar refractivity (Wildman–Crippen MR) is 89.6 cm³/mol. The molecule has 4 aliphatic carbocycles. The van der Waals surface area contributed by atoms with Crippen molar-refractivity contribution in [1.82, 2.24) is 0 Å².